The van der Waals surface area contributed by atoms with E-state index in [-0.39, 0.29) is 29.5 Å². The number of nitriles is 1. The lowest BCUT2D eigenvalue weighted by Crippen LogP contribution is -2.22. The van der Waals surface area contributed by atoms with Gasteiger partial charge in [0, 0.05) is 17.3 Å². The number of aliphatic hydroxyl groups excluding tert-OH is 1. The van der Waals surface area contributed by atoms with Gasteiger partial charge in [-0.3, -0.25) is 0 Å². The third kappa shape index (κ3) is 4.57. The van der Waals surface area contributed by atoms with Crippen molar-refractivity contribution >= 4 is 23.3 Å². The van der Waals surface area contributed by atoms with Gasteiger partial charge in [-0.2, -0.15) is 5.26 Å². The zero-order chi connectivity index (χ0) is 19.1. The van der Waals surface area contributed by atoms with Crippen molar-refractivity contribution in [3.05, 3.63) is 52.5 Å². The third-order valence-corrected chi connectivity index (χ3v) is 3.78. The molecule has 0 amide bonds. The van der Waals surface area contributed by atoms with Crippen LogP contribution in [0, 0.1) is 11.3 Å². The van der Waals surface area contributed by atoms with Crippen molar-refractivity contribution in [1.29, 1.82) is 5.26 Å². The molecule has 26 heavy (non-hydrogen) atoms. The molecule has 0 aliphatic heterocycles. The minimum absolute atomic E-state index is 0.0394. The molecule has 1 unspecified atom stereocenters. The van der Waals surface area contributed by atoms with Crippen LogP contribution in [0.4, 0.5) is 5.69 Å². The van der Waals surface area contributed by atoms with E-state index in [0.29, 0.717) is 17.0 Å². The summed E-state index contributed by atoms with van der Waals surface area (Å²) in [6.07, 6.45) is 0. The first-order valence-electron chi connectivity index (χ1n) is 7.60. The second kappa shape index (κ2) is 8.94. The molecular formula is C18H17ClN2O5. The monoisotopic (exact) mass is 376 g/mol. The molecule has 3 N–H and O–H groups in total. The number of hydrogen-bond donors (Lipinski definition) is 3. The first-order chi connectivity index (χ1) is 12.5. The number of hydrogen-bond acceptors (Lipinski definition) is 6. The molecule has 2 aromatic carbocycles. The highest BCUT2D eigenvalue weighted by Crippen LogP contribution is 2.38. The lowest BCUT2D eigenvalue weighted by atomic mass is 10.0. The number of carboxylic acid groups (broad SMARTS) is 1. The predicted molar refractivity (Wildman–Crippen MR) is 95.7 cm³/mol. The number of anilines is 1. The van der Waals surface area contributed by atoms with Crippen LogP contribution in [0.25, 0.3) is 0 Å². The summed E-state index contributed by atoms with van der Waals surface area (Å²) < 4.78 is 10.6. The largest absolute Gasteiger partial charge is 0.497 e. The normalized spacial score (nSPS) is 11.3. The van der Waals surface area contributed by atoms with Gasteiger partial charge < -0.3 is 25.0 Å². The van der Waals surface area contributed by atoms with Gasteiger partial charge in [-0.25, -0.2) is 4.79 Å². The maximum Gasteiger partial charge on any atom is 0.330 e. The van der Waals surface area contributed by atoms with Crippen molar-refractivity contribution < 1.29 is 24.5 Å². The van der Waals surface area contributed by atoms with Crippen LogP contribution in [0.1, 0.15) is 17.2 Å². The molecule has 0 bridgehead atoms. The Morgan fingerprint density at radius 3 is 2.58 bits per heavy atom. The molecule has 0 aliphatic carbocycles. The highest BCUT2D eigenvalue weighted by atomic mass is 35.5. The van der Waals surface area contributed by atoms with Gasteiger partial charge in [0.15, 0.2) is 6.04 Å². The van der Waals surface area contributed by atoms with E-state index < -0.39 is 12.0 Å². The van der Waals surface area contributed by atoms with Gasteiger partial charge >= 0.3 is 5.97 Å². The van der Waals surface area contributed by atoms with E-state index in [4.69, 9.17) is 31.4 Å². The molecular weight excluding hydrogens is 360 g/mol. The number of carboxylic acids is 1. The third-order valence-electron chi connectivity index (χ3n) is 3.50. The van der Waals surface area contributed by atoms with E-state index >= 15 is 0 Å². The van der Waals surface area contributed by atoms with Crippen LogP contribution in [0.3, 0.4) is 0 Å². The number of halogens is 1. The van der Waals surface area contributed by atoms with Crippen LogP contribution in [-0.4, -0.2) is 36.5 Å². The molecule has 136 valence electrons. The van der Waals surface area contributed by atoms with Crippen LogP contribution in [0.2, 0.25) is 5.02 Å². The Morgan fingerprint density at radius 2 is 2.04 bits per heavy atom. The lowest BCUT2D eigenvalue weighted by molar-refractivity contribution is -0.138. The van der Waals surface area contributed by atoms with Crippen LogP contribution in [0.15, 0.2) is 36.4 Å². The van der Waals surface area contributed by atoms with Crippen molar-refractivity contribution in [3.63, 3.8) is 0 Å². The molecule has 2 rings (SSSR count). The molecule has 0 aliphatic rings. The number of ether oxygens (including phenoxy) is 2. The fourth-order valence-electron chi connectivity index (χ4n) is 2.30. The van der Waals surface area contributed by atoms with E-state index in [1.165, 1.54) is 19.2 Å². The minimum atomic E-state index is -1.19. The predicted octanol–water partition coefficient (Wildman–Crippen LogP) is 2.83. The quantitative estimate of drug-likeness (QED) is 0.649. The number of methoxy groups -OCH3 is 1. The molecule has 0 aromatic heterocycles. The molecule has 0 spiro atoms. The molecule has 2 aromatic rings. The summed E-state index contributed by atoms with van der Waals surface area (Å²) in [4.78, 5) is 11.9. The Hall–Kier alpha value is -2.95. The fraction of sp³-hybridized carbons (Fsp3) is 0.222. The van der Waals surface area contributed by atoms with Gasteiger partial charge in [-0.1, -0.05) is 11.6 Å². The van der Waals surface area contributed by atoms with Gasteiger partial charge in [-0.05, 0) is 30.3 Å². The average Bonchev–Trinajstić information content (AvgIpc) is 2.65. The highest BCUT2D eigenvalue weighted by Gasteiger charge is 2.26. The SMILES string of the molecule is COc1cc(Cl)c(OCCO)c(C(Nc2ccc(C#N)cc2)C(=O)O)c1. The van der Waals surface area contributed by atoms with Crippen molar-refractivity contribution in [2.75, 3.05) is 25.6 Å². The van der Waals surface area contributed by atoms with Gasteiger partial charge in [0.25, 0.3) is 0 Å². The summed E-state index contributed by atoms with van der Waals surface area (Å²) in [7, 11) is 1.44. The summed E-state index contributed by atoms with van der Waals surface area (Å²) in [5.41, 5.74) is 1.21. The molecule has 7 nitrogen and oxygen atoms in total. The van der Waals surface area contributed by atoms with Crippen LogP contribution in [-0.2, 0) is 4.79 Å². The Labute approximate surface area is 155 Å². The Morgan fingerprint density at radius 1 is 1.35 bits per heavy atom. The van der Waals surface area contributed by atoms with Gasteiger partial charge in [0.1, 0.15) is 18.1 Å². The number of benzene rings is 2. The maximum absolute atomic E-state index is 11.9. The topological polar surface area (TPSA) is 112 Å². The summed E-state index contributed by atoms with van der Waals surface area (Å²) in [5, 5.41) is 30.6. The first-order valence-corrected chi connectivity index (χ1v) is 7.98. The number of carbonyl (C=O) groups is 1. The standard InChI is InChI=1S/C18H17ClN2O5/c1-25-13-8-14(17(15(19)9-13)26-7-6-22)16(18(23)24)21-12-4-2-11(10-20)3-5-12/h2-5,8-9,16,21-22H,6-7H2,1H3,(H,23,24). The molecule has 0 radical (unpaired) electrons. The summed E-state index contributed by atoms with van der Waals surface area (Å²) >= 11 is 6.20. The van der Waals surface area contributed by atoms with E-state index in [0.717, 1.165) is 0 Å². The number of aliphatic carboxylic acids is 1. The van der Waals surface area contributed by atoms with Gasteiger partial charge in [0.2, 0.25) is 0 Å². The van der Waals surface area contributed by atoms with Crippen molar-refractivity contribution in [1.82, 2.24) is 0 Å². The van der Waals surface area contributed by atoms with Crippen molar-refractivity contribution in [3.8, 4) is 17.6 Å². The Balaban J connectivity index is 2.45. The molecule has 1 atom stereocenters. The fourth-order valence-corrected chi connectivity index (χ4v) is 2.57. The number of rotatable bonds is 8. The van der Waals surface area contributed by atoms with E-state index in [2.05, 4.69) is 5.32 Å². The number of aliphatic hydroxyl groups is 1. The second-order valence-electron chi connectivity index (χ2n) is 5.20. The molecule has 8 heteroatoms. The Bertz CT molecular complexity index is 818. The van der Waals surface area contributed by atoms with Gasteiger partial charge in [0.05, 0.1) is 30.4 Å². The summed E-state index contributed by atoms with van der Waals surface area (Å²) in [5.74, 6) is -0.642. The molecule has 0 saturated carbocycles. The van der Waals surface area contributed by atoms with Crippen LogP contribution < -0.4 is 14.8 Å². The average molecular weight is 377 g/mol. The van der Waals surface area contributed by atoms with Gasteiger partial charge in [-0.15, -0.1) is 0 Å². The van der Waals surface area contributed by atoms with Crippen LogP contribution in [0.5, 0.6) is 11.5 Å². The van der Waals surface area contributed by atoms with Crippen molar-refractivity contribution in [2.45, 2.75) is 6.04 Å². The second-order valence-corrected chi connectivity index (χ2v) is 5.61. The molecule has 0 heterocycles. The van der Waals surface area contributed by atoms with E-state index in [9.17, 15) is 9.90 Å². The zero-order valence-corrected chi connectivity index (χ0v) is 14.7. The van der Waals surface area contributed by atoms with Crippen LogP contribution >= 0.6 is 11.6 Å². The molecule has 0 saturated heterocycles. The summed E-state index contributed by atoms with van der Waals surface area (Å²) in [6, 6.07) is 10.2. The number of nitrogens with zero attached hydrogens (tertiary/aromatic N) is 1. The highest BCUT2D eigenvalue weighted by molar-refractivity contribution is 6.32. The maximum atomic E-state index is 11.9. The zero-order valence-electron chi connectivity index (χ0n) is 13.9. The van der Waals surface area contributed by atoms with E-state index in [1.54, 1.807) is 24.3 Å². The summed E-state index contributed by atoms with van der Waals surface area (Å²) in [6.45, 7) is -0.287. The molecule has 0 fully saturated rings. The Kier molecular flexibility index (Phi) is 6.67. The first kappa shape index (κ1) is 19.4. The van der Waals surface area contributed by atoms with E-state index in [1.807, 2.05) is 6.07 Å². The number of nitrogens with one attached hydrogen (secondary N) is 1. The lowest BCUT2D eigenvalue weighted by Gasteiger charge is -2.21. The smallest absolute Gasteiger partial charge is 0.330 e. The van der Waals surface area contributed by atoms with Crippen molar-refractivity contribution in [2.24, 2.45) is 0 Å². The minimum Gasteiger partial charge on any atom is -0.497 e.